The summed E-state index contributed by atoms with van der Waals surface area (Å²) in [5.41, 5.74) is 4.47. The van der Waals surface area contributed by atoms with Crippen molar-refractivity contribution in [2.24, 2.45) is 5.10 Å². The second kappa shape index (κ2) is 8.65. The summed E-state index contributed by atoms with van der Waals surface area (Å²) in [6.07, 6.45) is 4.21. The molecule has 0 spiro atoms. The van der Waals surface area contributed by atoms with Gasteiger partial charge in [0.05, 0.1) is 32.2 Å². The molecular weight excluding hydrogens is 360 g/mol. The van der Waals surface area contributed by atoms with Crippen molar-refractivity contribution in [2.75, 3.05) is 25.8 Å². The van der Waals surface area contributed by atoms with Crippen molar-refractivity contribution in [3.8, 4) is 11.5 Å². The number of hydrazone groups is 1. The van der Waals surface area contributed by atoms with Gasteiger partial charge in [0, 0.05) is 5.92 Å². The van der Waals surface area contributed by atoms with E-state index in [4.69, 9.17) is 14.6 Å². The number of ether oxygens (including phenoxy) is 2. The molecule has 0 unspecified atom stereocenters. The highest BCUT2D eigenvalue weighted by atomic mass is 16.5. The monoisotopic (exact) mass is 384 g/mol. The fourth-order valence-corrected chi connectivity index (χ4v) is 3.44. The van der Waals surface area contributed by atoms with Gasteiger partial charge in [-0.3, -0.25) is 5.01 Å². The lowest BCUT2D eigenvalue weighted by atomic mass is 9.94. The van der Waals surface area contributed by atoms with Crippen LogP contribution in [-0.2, 0) is 0 Å². The molecule has 0 aliphatic carbocycles. The molecule has 1 aliphatic heterocycles. The van der Waals surface area contributed by atoms with Gasteiger partial charge >= 0.3 is 0 Å². The van der Waals surface area contributed by atoms with Crippen LogP contribution < -0.4 is 14.5 Å². The molecule has 0 N–H and O–H groups in total. The van der Waals surface area contributed by atoms with Crippen LogP contribution in [0.25, 0.3) is 6.08 Å². The largest absolute Gasteiger partial charge is 0.497 e. The van der Waals surface area contributed by atoms with Gasteiger partial charge in [-0.2, -0.15) is 5.10 Å². The van der Waals surface area contributed by atoms with Crippen LogP contribution in [0.15, 0.2) is 90.0 Å². The molecule has 1 atom stereocenters. The van der Waals surface area contributed by atoms with E-state index in [2.05, 4.69) is 41.4 Å². The van der Waals surface area contributed by atoms with Gasteiger partial charge in [-0.1, -0.05) is 48.5 Å². The zero-order valence-corrected chi connectivity index (χ0v) is 16.7. The Morgan fingerprint density at radius 3 is 2.03 bits per heavy atom. The van der Waals surface area contributed by atoms with Crippen molar-refractivity contribution in [1.82, 2.24) is 0 Å². The molecule has 0 saturated heterocycles. The predicted molar refractivity (Wildman–Crippen MR) is 119 cm³/mol. The van der Waals surface area contributed by atoms with Crippen LogP contribution in [0.2, 0.25) is 0 Å². The Morgan fingerprint density at radius 2 is 1.41 bits per heavy atom. The Morgan fingerprint density at radius 1 is 0.793 bits per heavy atom. The molecule has 4 rings (SSSR count). The summed E-state index contributed by atoms with van der Waals surface area (Å²) >= 11 is 0. The minimum atomic E-state index is 0.190. The highest BCUT2D eigenvalue weighted by Gasteiger charge is 2.27. The summed E-state index contributed by atoms with van der Waals surface area (Å²) in [6, 6.07) is 26.5. The predicted octanol–water partition coefficient (Wildman–Crippen LogP) is 5.38. The van der Waals surface area contributed by atoms with E-state index < -0.39 is 0 Å². The number of hydrogen-bond donors (Lipinski definition) is 0. The summed E-state index contributed by atoms with van der Waals surface area (Å²) in [4.78, 5) is 0. The van der Waals surface area contributed by atoms with Crippen LogP contribution in [0.5, 0.6) is 11.5 Å². The Hall–Kier alpha value is -3.53. The maximum absolute atomic E-state index is 5.31. The van der Waals surface area contributed by atoms with Crippen LogP contribution in [0.3, 0.4) is 0 Å². The van der Waals surface area contributed by atoms with E-state index in [1.54, 1.807) is 14.2 Å². The average Bonchev–Trinajstić information content (AvgIpc) is 3.23. The number of para-hydroxylation sites is 1. The third-order valence-electron chi connectivity index (χ3n) is 5.08. The second-order valence-electron chi connectivity index (χ2n) is 6.87. The summed E-state index contributed by atoms with van der Waals surface area (Å²) in [7, 11) is 3.36. The zero-order chi connectivity index (χ0) is 20.1. The first-order valence-corrected chi connectivity index (χ1v) is 9.64. The number of rotatable bonds is 6. The molecule has 1 heterocycles. The Labute approximate surface area is 171 Å². The van der Waals surface area contributed by atoms with Crippen molar-refractivity contribution in [1.29, 1.82) is 0 Å². The molecule has 146 valence electrons. The SMILES string of the molecule is COc1ccc(/C=C/C2=NN(c3ccccc3)C[C@H]2c2ccc(OC)cc2)cc1. The van der Waals surface area contributed by atoms with Gasteiger partial charge in [0.1, 0.15) is 11.5 Å². The van der Waals surface area contributed by atoms with Crippen molar-refractivity contribution in [2.45, 2.75) is 5.92 Å². The normalized spacial score (nSPS) is 16.1. The zero-order valence-electron chi connectivity index (χ0n) is 16.7. The van der Waals surface area contributed by atoms with E-state index in [1.165, 1.54) is 5.56 Å². The van der Waals surface area contributed by atoms with Gasteiger partial charge < -0.3 is 9.47 Å². The van der Waals surface area contributed by atoms with Gasteiger partial charge in [0.2, 0.25) is 0 Å². The summed E-state index contributed by atoms with van der Waals surface area (Å²) in [5.74, 6) is 1.90. The standard InChI is InChI=1S/C25H24N2O2/c1-28-22-13-8-19(9-14-22)10-17-25-24(20-11-15-23(29-2)16-12-20)18-27(26-25)21-6-4-3-5-7-21/h3-17,24H,18H2,1-2H3/b17-10+/t24-/m0/s1. The van der Waals surface area contributed by atoms with Gasteiger partial charge in [-0.05, 0) is 53.6 Å². The van der Waals surface area contributed by atoms with Crippen LogP contribution in [0.4, 0.5) is 5.69 Å². The van der Waals surface area contributed by atoms with Crippen molar-refractivity contribution in [3.05, 3.63) is 96.1 Å². The van der Waals surface area contributed by atoms with Gasteiger partial charge in [-0.15, -0.1) is 0 Å². The fraction of sp³-hybridized carbons (Fsp3) is 0.160. The Balaban J connectivity index is 1.63. The quantitative estimate of drug-likeness (QED) is 0.572. The van der Waals surface area contributed by atoms with E-state index in [0.717, 1.165) is 35.0 Å². The van der Waals surface area contributed by atoms with E-state index in [0.29, 0.717) is 0 Å². The molecule has 0 saturated carbocycles. The van der Waals surface area contributed by atoms with E-state index in [1.807, 2.05) is 54.6 Å². The lowest BCUT2D eigenvalue weighted by Gasteiger charge is -2.16. The van der Waals surface area contributed by atoms with Crippen molar-refractivity contribution in [3.63, 3.8) is 0 Å². The smallest absolute Gasteiger partial charge is 0.118 e. The minimum Gasteiger partial charge on any atom is -0.497 e. The number of benzene rings is 3. The van der Waals surface area contributed by atoms with Crippen LogP contribution in [0.1, 0.15) is 17.0 Å². The van der Waals surface area contributed by atoms with Crippen molar-refractivity contribution >= 4 is 17.5 Å². The van der Waals surface area contributed by atoms with E-state index in [9.17, 15) is 0 Å². The molecule has 4 nitrogen and oxygen atoms in total. The molecule has 0 radical (unpaired) electrons. The number of hydrogen-bond acceptors (Lipinski definition) is 4. The second-order valence-corrected chi connectivity index (χ2v) is 6.87. The summed E-state index contributed by atoms with van der Waals surface area (Å²) in [6.45, 7) is 0.804. The molecule has 0 amide bonds. The maximum Gasteiger partial charge on any atom is 0.118 e. The molecular formula is C25H24N2O2. The van der Waals surface area contributed by atoms with Gasteiger partial charge in [0.25, 0.3) is 0 Å². The molecule has 3 aromatic rings. The minimum absolute atomic E-state index is 0.190. The van der Waals surface area contributed by atoms with Crippen LogP contribution in [0, 0.1) is 0 Å². The maximum atomic E-state index is 5.31. The first kappa shape index (κ1) is 18.8. The molecule has 0 fully saturated rings. The molecule has 0 aromatic heterocycles. The number of anilines is 1. The molecule has 1 aliphatic rings. The molecule has 3 aromatic carbocycles. The van der Waals surface area contributed by atoms with Crippen molar-refractivity contribution < 1.29 is 9.47 Å². The topological polar surface area (TPSA) is 34.1 Å². The fourth-order valence-electron chi connectivity index (χ4n) is 3.44. The van der Waals surface area contributed by atoms with E-state index in [-0.39, 0.29) is 5.92 Å². The van der Waals surface area contributed by atoms with Gasteiger partial charge in [0.15, 0.2) is 0 Å². The molecule has 29 heavy (non-hydrogen) atoms. The lowest BCUT2D eigenvalue weighted by molar-refractivity contribution is 0.414. The Bertz CT molecular complexity index is 993. The highest BCUT2D eigenvalue weighted by Crippen LogP contribution is 2.31. The first-order chi connectivity index (χ1) is 14.3. The third-order valence-corrected chi connectivity index (χ3v) is 5.08. The molecule has 4 heteroatoms. The number of nitrogens with zero attached hydrogens (tertiary/aromatic N) is 2. The third kappa shape index (κ3) is 4.32. The van der Waals surface area contributed by atoms with Crippen LogP contribution in [-0.4, -0.2) is 26.5 Å². The van der Waals surface area contributed by atoms with Crippen LogP contribution >= 0.6 is 0 Å². The number of allylic oxidation sites excluding steroid dienone is 1. The first-order valence-electron chi connectivity index (χ1n) is 9.64. The van der Waals surface area contributed by atoms with E-state index >= 15 is 0 Å². The Kier molecular flexibility index (Phi) is 5.61. The number of methoxy groups -OCH3 is 2. The van der Waals surface area contributed by atoms with Gasteiger partial charge in [-0.25, -0.2) is 0 Å². The summed E-state index contributed by atoms with van der Waals surface area (Å²) < 4.78 is 10.5. The highest BCUT2D eigenvalue weighted by molar-refractivity contribution is 6.05. The molecule has 0 bridgehead atoms. The summed E-state index contributed by atoms with van der Waals surface area (Å²) in [5, 5.41) is 6.99. The average molecular weight is 384 g/mol. The lowest BCUT2D eigenvalue weighted by Crippen LogP contribution is -2.17.